The van der Waals surface area contributed by atoms with Gasteiger partial charge in [-0.2, -0.15) is 8.42 Å². The Bertz CT molecular complexity index is 977. The average Bonchev–Trinajstić information content (AvgIpc) is 2.73. The van der Waals surface area contributed by atoms with Crippen molar-refractivity contribution in [2.75, 3.05) is 0 Å². The van der Waals surface area contributed by atoms with Gasteiger partial charge < -0.3 is 0 Å². The first-order chi connectivity index (χ1) is 14.1. The molecule has 0 radical (unpaired) electrons. The zero-order valence-electron chi connectivity index (χ0n) is 17.8. The molecule has 0 saturated heterocycles. The van der Waals surface area contributed by atoms with Crippen LogP contribution in [0.5, 0.6) is 0 Å². The van der Waals surface area contributed by atoms with Crippen LogP contribution in [0.25, 0.3) is 0 Å². The summed E-state index contributed by atoms with van der Waals surface area (Å²) in [5.74, 6) is -1.69. The van der Waals surface area contributed by atoms with E-state index in [-0.39, 0.29) is 23.2 Å². The van der Waals surface area contributed by atoms with Crippen LogP contribution in [0.4, 0.5) is 8.78 Å². The smallest absolute Gasteiger partial charge is 0.252 e. The normalized spacial score (nSPS) is 40.8. The molecule has 30 heavy (non-hydrogen) atoms. The Morgan fingerprint density at radius 3 is 1.87 bits per heavy atom. The molecular formula is C24H30F2O3S. The first-order valence-electron chi connectivity index (χ1n) is 11.1. The highest BCUT2D eigenvalue weighted by molar-refractivity contribution is 7.86. The number of hydrogen-bond acceptors (Lipinski definition) is 3. The van der Waals surface area contributed by atoms with E-state index in [2.05, 4.69) is 6.92 Å². The fourth-order valence-electron chi connectivity index (χ4n) is 6.87. The molecule has 1 aromatic carbocycles. The van der Waals surface area contributed by atoms with Crippen molar-refractivity contribution >= 4 is 10.1 Å². The van der Waals surface area contributed by atoms with E-state index in [1.54, 1.807) is 12.1 Å². The lowest BCUT2D eigenvalue weighted by Gasteiger charge is -2.64. The predicted octanol–water partition coefficient (Wildman–Crippen LogP) is 6.52. The van der Waals surface area contributed by atoms with Crippen LogP contribution in [0, 0.1) is 23.2 Å². The Morgan fingerprint density at radius 1 is 0.800 bits per heavy atom. The van der Waals surface area contributed by atoms with Crippen molar-refractivity contribution in [1.82, 2.24) is 0 Å². The van der Waals surface area contributed by atoms with Crippen LogP contribution in [0.1, 0.15) is 76.7 Å². The predicted molar refractivity (Wildman–Crippen MR) is 111 cm³/mol. The molecule has 0 N–H and O–H groups in total. The molecule has 1 aromatic rings. The molecule has 4 saturated carbocycles. The minimum Gasteiger partial charge on any atom is -0.252 e. The van der Waals surface area contributed by atoms with Gasteiger partial charge in [0.2, 0.25) is 0 Å². The van der Waals surface area contributed by atoms with Crippen molar-refractivity contribution < 1.29 is 21.4 Å². The highest BCUT2D eigenvalue weighted by Crippen LogP contribution is 2.72. The van der Waals surface area contributed by atoms with Crippen molar-refractivity contribution in [3.63, 3.8) is 0 Å². The van der Waals surface area contributed by atoms with Gasteiger partial charge in [0.1, 0.15) is 11.4 Å². The zero-order chi connectivity index (χ0) is 21.4. The molecular weight excluding hydrogens is 406 g/mol. The number of rotatable bonds is 4. The van der Waals surface area contributed by atoms with Crippen molar-refractivity contribution in [3.8, 4) is 0 Å². The van der Waals surface area contributed by atoms with E-state index in [4.69, 9.17) is 4.18 Å². The molecule has 3 nitrogen and oxygen atoms in total. The second-order valence-electron chi connectivity index (χ2n) is 10.6. The summed E-state index contributed by atoms with van der Waals surface area (Å²) >= 11 is 0. The van der Waals surface area contributed by atoms with Gasteiger partial charge in [0, 0.05) is 5.41 Å². The van der Waals surface area contributed by atoms with Gasteiger partial charge in [0.05, 0.1) is 4.90 Å². The summed E-state index contributed by atoms with van der Waals surface area (Å²) in [6, 6.07) is 6.25. The minimum atomic E-state index is -4.19. The highest BCUT2D eigenvalue weighted by atomic mass is 32.2. The number of aryl methyl sites for hydroxylation is 1. The van der Waals surface area contributed by atoms with E-state index in [9.17, 15) is 8.42 Å². The molecule has 0 atom stereocenters. The van der Waals surface area contributed by atoms with Gasteiger partial charge in [-0.05, 0) is 94.1 Å². The summed E-state index contributed by atoms with van der Waals surface area (Å²) in [5, 5.41) is 0. The topological polar surface area (TPSA) is 43.4 Å². The summed E-state index contributed by atoms with van der Waals surface area (Å²) in [6.07, 6.45) is 7.43. The lowest BCUT2D eigenvalue weighted by molar-refractivity contribution is -0.138. The summed E-state index contributed by atoms with van der Waals surface area (Å²) < 4.78 is 62.5. The van der Waals surface area contributed by atoms with Crippen LogP contribution in [0.3, 0.4) is 0 Å². The third-order valence-corrected chi connectivity index (χ3v) is 10.5. The first kappa shape index (κ1) is 20.6. The lowest BCUT2D eigenvalue weighted by Crippen LogP contribution is -2.58. The van der Waals surface area contributed by atoms with Gasteiger partial charge in [0.15, 0.2) is 5.83 Å². The number of hydrogen-bond donors (Lipinski definition) is 0. The molecule has 164 valence electrons. The van der Waals surface area contributed by atoms with E-state index in [0.29, 0.717) is 18.3 Å². The molecule has 6 aliphatic rings. The standard InChI is InChI=1S/C24H30F2O3S/c1-17-3-5-18(6-4-17)30(27,28)29-24-15-13-23(14-16-24,19(25)20(24)26)22-10-7-21(2,8-11-22)9-12-22/h3-6H,7-16H2,1-2H3. The van der Waals surface area contributed by atoms with Crippen LogP contribution in [-0.4, -0.2) is 14.0 Å². The quantitative estimate of drug-likeness (QED) is 0.504. The third-order valence-electron chi connectivity index (χ3n) is 9.14. The number of benzene rings is 1. The molecule has 0 aromatic heterocycles. The monoisotopic (exact) mass is 436 g/mol. The highest BCUT2D eigenvalue weighted by Gasteiger charge is 2.67. The Kier molecular flexibility index (Phi) is 4.39. The van der Waals surface area contributed by atoms with Gasteiger partial charge >= 0.3 is 0 Å². The molecule has 0 unspecified atom stereocenters. The second kappa shape index (κ2) is 6.38. The zero-order valence-corrected chi connectivity index (χ0v) is 18.6. The van der Waals surface area contributed by atoms with Gasteiger partial charge in [-0.1, -0.05) is 24.6 Å². The van der Waals surface area contributed by atoms with Crippen LogP contribution in [-0.2, 0) is 14.3 Å². The molecule has 0 heterocycles. The molecule has 6 heteroatoms. The van der Waals surface area contributed by atoms with E-state index in [1.807, 2.05) is 6.92 Å². The Labute approximate surface area is 178 Å². The summed E-state index contributed by atoms with van der Waals surface area (Å²) in [4.78, 5) is -0.0180. The number of allylic oxidation sites excluding steroid dienone is 1. The maximum atomic E-state index is 15.8. The second-order valence-corrected chi connectivity index (χ2v) is 12.2. The third kappa shape index (κ3) is 2.72. The maximum Gasteiger partial charge on any atom is 0.297 e. The van der Waals surface area contributed by atoms with Crippen LogP contribution >= 0.6 is 0 Å². The van der Waals surface area contributed by atoms with Gasteiger partial charge in [-0.3, -0.25) is 4.18 Å². The van der Waals surface area contributed by atoms with Crippen molar-refractivity contribution in [2.45, 2.75) is 88.6 Å². The average molecular weight is 437 g/mol. The summed E-state index contributed by atoms with van der Waals surface area (Å²) in [7, 11) is -4.19. The molecule has 4 fully saturated rings. The van der Waals surface area contributed by atoms with E-state index < -0.39 is 32.8 Å². The van der Waals surface area contributed by atoms with E-state index in [0.717, 1.165) is 44.1 Å². The van der Waals surface area contributed by atoms with Crippen molar-refractivity contribution in [2.24, 2.45) is 16.2 Å². The van der Waals surface area contributed by atoms with E-state index >= 15 is 8.78 Å². The lowest BCUT2D eigenvalue weighted by atomic mass is 9.41. The van der Waals surface area contributed by atoms with Gasteiger partial charge in [0.25, 0.3) is 10.1 Å². The fraction of sp³-hybridized carbons (Fsp3) is 0.667. The molecule has 6 aliphatic carbocycles. The van der Waals surface area contributed by atoms with Crippen LogP contribution in [0.15, 0.2) is 40.8 Å². The molecule has 0 spiro atoms. The van der Waals surface area contributed by atoms with Crippen LogP contribution < -0.4 is 0 Å². The molecule has 0 amide bonds. The van der Waals surface area contributed by atoms with Gasteiger partial charge in [-0.15, -0.1) is 0 Å². The van der Waals surface area contributed by atoms with Crippen molar-refractivity contribution in [3.05, 3.63) is 41.5 Å². The first-order valence-corrected chi connectivity index (χ1v) is 12.6. The molecule has 4 bridgehead atoms. The summed E-state index contributed by atoms with van der Waals surface area (Å²) in [6.45, 7) is 4.17. The Balaban J connectivity index is 1.49. The fourth-order valence-corrected chi connectivity index (χ4v) is 8.09. The Morgan fingerprint density at radius 2 is 1.33 bits per heavy atom. The SMILES string of the molecule is Cc1ccc(S(=O)(=O)OC23CCC(C45CCC(C)(CC4)CC5)(CC2)C(F)=C3F)cc1. The van der Waals surface area contributed by atoms with Crippen LogP contribution in [0.2, 0.25) is 0 Å². The molecule has 0 aliphatic heterocycles. The largest absolute Gasteiger partial charge is 0.297 e. The number of fused-ring (bicyclic) bond motifs is 5. The molecule has 7 rings (SSSR count). The Hall–Kier alpha value is -1.27. The van der Waals surface area contributed by atoms with E-state index in [1.165, 1.54) is 12.1 Å². The van der Waals surface area contributed by atoms with Crippen molar-refractivity contribution in [1.29, 1.82) is 0 Å². The number of halogens is 2. The minimum absolute atomic E-state index is 0.0180. The maximum absolute atomic E-state index is 15.8. The summed E-state index contributed by atoms with van der Waals surface area (Å²) in [5.41, 5.74) is -1.38. The van der Waals surface area contributed by atoms with Gasteiger partial charge in [-0.25, -0.2) is 8.78 Å².